The van der Waals surface area contributed by atoms with Gasteiger partial charge in [-0.05, 0) is 12.8 Å². The molecule has 0 saturated carbocycles. The lowest BCUT2D eigenvalue weighted by Gasteiger charge is -2.06. The van der Waals surface area contributed by atoms with Gasteiger partial charge in [0.25, 0.3) is 0 Å². The minimum absolute atomic E-state index is 0.0360. The Hall–Kier alpha value is -1.26. The van der Waals surface area contributed by atoms with Crippen molar-refractivity contribution >= 4 is 11.9 Å². The van der Waals surface area contributed by atoms with Crippen LogP contribution < -0.4 is 16.8 Å². The number of nitrogens with zero attached hydrogens (tertiary/aromatic N) is 2. The van der Waals surface area contributed by atoms with Crippen molar-refractivity contribution < 1.29 is 0 Å². The Morgan fingerprint density at radius 3 is 2.43 bits per heavy atom. The lowest BCUT2D eigenvalue weighted by molar-refractivity contribution is 0.575. The summed E-state index contributed by atoms with van der Waals surface area (Å²) < 4.78 is 0. The number of nitrogens with two attached hydrogens (primary N) is 2. The van der Waals surface area contributed by atoms with Crippen LogP contribution in [0.25, 0.3) is 0 Å². The number of guanidine groups is 2. The minimum atomic E-state index is 0.0360. The third kappa shape index (κ3) is 6.28. The Morgan fingerprint density at radius 2 is 2.00 bits per heavy atom. The zero-order chi connectivity index (χ0) is 11.0. The quantitative estimate of drug-likeness (QED) is 0.448. The van der Waals surface area contributed by atoms with E-state index in [1.807, 2.05) is 6.92 Å². The summed E-state index contributed by atoms with van der Waals surface area (Å²) in [4.78, 5) is 8.17. The number of aliphatic imine (C=N–C) groups is 2. The fourth-order valence-electron chi connectivity index (χ4n) is 0.783. The van der Waals surface area contributed by atoms with Gasteiger partial charge in [0.05, 0.1) is 0 Å². The average molecular weight is 199 g/mol. The van der Waals surface area contributed by atoms with Gasteiger partial charge in [0.15, 0.2) is 5.96 Å². The molecule has 1 atom stereocenters. The number of nitrogens with one attached hydrogen (secondary N) is 1. The van der Waals surface area contributed by atoms with Gasteiger partial charge in [-0.15, -0.1) is 0 Å². The van der Waals surface area contributed by atoms with Gasteiger partial charge in [-0.2, -0.15) is 4.99 Å². The lowest BCUT2D eigenvalue weighted by atomic mass is 10.1. The molecule has 0 aliphatic carbocycles. The molecule has 0 aliphatic rings. The van der Waals surface area contributed by atoms with Crippen LogP contribution in [-0.2, 0) is 0 Å². The second-order valence-corrected chi connectivity index (χ2v) is 3.24. The molecule has 1 unspecified atom stereocenters. The predicted octanol–water partition coefficient (Wildman–Crippen LogP) is 0.271. The van der Waals surface area contributed by atoms with Crippen molar-refractivity contribution in [1.29, 1.82) is 0 Å². The van der Waals surface area contributed by atoms with E-state index in [9.17, 15) is 0 Å². The highest BCUT2D eigenvalue weighted by molar-refractivity contribution is 5.93. The van der Waals surface area contributed by atoms with Gasteiger partial charge in [-0.3, -0.25) is 4.99 Å². The first kappa shape index (κ1) is 12.7. The fourth-order valence-corrected chi connectivity index (χ4v) is 0.783. The molecule has 0 saturated heterocycles. The van der Waals surface area contributed by atoms with E-state index >= 15 is 0 Å². The highest BCUT2D eigenvalue weighted by Gasteiger charge is 1.99. The number of hydrogen-bond donors (Lipinski definition) is 3. The Balaban J connectivity index is 4.25. The van der Waals surface area contributed by atoms with E-state index < -0.39 is 0 Å². The van der Waals surface area contributed by atoms with E-state index in [0.29, 0.717) is 11.9 Å². The summed E-state index contributed by atoms with van der Waals surface area (Å²) in [5.41, 5.74) is 10.5. The van der Waals surface area contributed by atoms with E-state index in [0.717, 1.165) is 19.5 Å². The first-order valence-electron chi connectivity index (χ1n) is 4.98. The first-order valence-corrected chi connectivity index (χ1v) is 4.98. The molecule has 0 heterocycles. The van der Waals surface area contributed by atoms with Crippen LogP contribution in [0.1, 0.15) is 27.2 Å². The largest absolute Gasteiger partial charge is 0.370 e. The summed E-state index contributed by atoms with van der Waals surface area (Å²) in [5, 5.41) is 3.00. The van der Waals surface area contributed by atoms with E-state index in [2.05, 4.69) is 29.1 Å². The molecule has 5 N–H and O–H groups in total. The van der Waals surface area contributed by atoms with Gasteiger partial charge in [0.2, 0.25) is 5.96 Å². The molecule has 0 bridgehead atoms. The normalized spacial score (nSPS) is 13.5. The molecule has 0 rings (SSSR count). The molecule has 82 valence electrons. The van der Waals surface area contributed by atoms with Crippen molar-refractivity contribution in [3.05, 3.63) is 0 Å². The van der Waals surface area contributed by atoms with E-state index in [1.54, 1.807) is 0 Å². The highest BCUT2D eigenvalue weighted by Crippen LogP contribution is 2.00. The Bertz CT molecular complexity index is 205. The van der Waals surface area contributed by atoms with Crippen LogP contribution in [0.2, 0.25) is 0 Å². The minimum Gasteiger partial charge on any atom is -0.370 e. The van der Waals surface area contributed by atoms with Crippen LogP contribution in [0, 0.1) is 5.92 Å². The number of rotatable bonds is 4. The Kier molecular flexibility index (Phi) is 6.53. The van der Waals surface area contributed by atoms with Crippen molar-refractivity contribution in [2.24, 2.45) is 27.4 Å². The van der Waals surface area contributed by atoms with Crippen molar-refractivity contribution in [1.82, 2.24) is 5.32 Å². The molecule has 0 aromatic carbocycles. The standard InChI is InChI=1S/C9H21N5/c1-4-7(3)6-13-9(12-5-2)14-8(10)11/h7H,4-6H2,1-3H3,(H5,10,11,12,13,14). The molecular weight excluding hydrogens is 178 g/mol. The predicted molar refractivity (Wildman–Crippen MR) is 61.2 cm³/mol. The molecule has 0 spiro atoms. The van der Waals surface area contributed by atoms with Gasteiger partial charge in [-0.1, -0.05) is 20.3 Å². The maximum atomic E-state index is 5.27. The van der Waals surface area contributed by atoms with E-state index in [4.69, 9.17) is 11.5 Å². The zero-order valence-electron chi connectivity index (χ0n) is 9.25. The highest BCUT2D eigenvalue weighted by atomic mass is 15.2. The Morgan fingerprint density at radius 1 is 1.36 bits per heavy atom. The van der Waals surface area contributed by atoms with Crippen molar-refractivity contribution in [2.45, 2.75) is 27.2 Å². The molecular formula is C9H21N5. The van der Waals surface area contributed by atoms with Crippen molar-refractivity contribution in [3.63, 3.8) is 0 Å². The molecule has 5 nitrogen and oxygen atoms in total. The topological polar surface area (TPSA) is 88.8 Å². The molecule has 14 heavy (non-hydrogen) atoms. The molecule has 0 fully saturated rings. The van der Waals surface area contributed by atoms with Crippen LogP contribution in [0.4, 0.5) is 0 Å². The smallest absolute Gasteiger partial charge is 0.221 e. The summed E-state index contributed by atoms with van der Waals surface area (Å²) in [6.45, 7) is 7.75. The SMILES string of the molecule is CCNC(N=C(N)N)=NCC(C)CC. The van der Waals surface area contributed by atoms with Crippen LogP contribution in [-0.4, -0.2) is 25.0 Å². The third-order valence-corrected chi connectivity index (χ3v) is 1.82. The van der Waals surface area contributed by atoms with Gasteiger partial charge in [-0.25, -0.2) is 0 Å². The van der Waals surface area contributed by atoms with Crippen LogP contribution in [0.3, 0.4) is 0 Å². The molecule has 0 amide bonds. The molecule has 0 radical (unpaired) electrons. The van der Waals surface area contributed by atoms with Crippen molar-refractivity contribution in [2.75, 3.05) is 13.1 Å². The van der Waals surface area contributed by atoms with Crippen LogP contribution in [0.15, 0.2) is 9.98 Å². The lowest BCUT2D eigenvalue weighted by Crippen LogP contribution is -2.30. The first-order chi connectivity index (χ1) is 6.60. The van der Waals surface area contributed by atoms with Gasteiger partial charge in [0.1, 0.15) is 0 Å². The summed E-state index contributed by atoms with van der Waals surface area (Å²) in [5.74, 6) is 1.11. The average Bonchev–Trinajstić information content (AvgIpc) is 2.13. The maximum absolute atomic E-state index is 5.27. The van der Waals surface area contributed by atoms with Gasteiger partial charge >= 0.3 is 0 Å². The molecule has 5 heteroatoms. The molecule has 0 aromatic heterocycles. The molecule has 0 aliphatic heterocycles. The fraction of sp³-hybridized carbons (Fsp3) is 0.778. The number of hydrogen-bond acceptors (Lipinski definition) is 1. The zero-order valence-corrected chi connectivity index (χ0v) is 9.25. The van der Waals surface area contributed by atoms with E-state index in [1.165, 1.54) is 0 Å². The second-order valence-electron chi connectivity index (χ2n) is 3.24. The Labute approximate surface area is 85.7 Å². The van der Waals surface area contributed by atoms with E-state index in [-0.39, 0.29) is 5.96 Å². The maximum Gasteiger partial charge on any atom is 0.221 e. The van der Waals surface area contributed by atoms with Crippen LogP contribution in [0.5, 0.6) is 0 Å². The van der Waals surface area contributed by atoms with Crippen LogP contribution >= 0.6 is 0 Å². The monoisotopic (exact) mass is 199 g/mol. The second kappa shape index (κ2) is 7.17. The van der Waals surface area contributed by atoms with Gasteiger partial charge in [0, 0.05) is 13.1 Å². The summed E-state index contributed by atoms with van der Waals surface area (Å²) in [7, 11) is 0. The summed E-state index contributed by atoms with van der Waals surface area (Å²) in [6.07, 6.45) is 1.10. The van der Waals surface area contributed by atoms with Crippen molar-refractivity contribution in [3.8, 4) is 0 Å². The molecule has 0 aromatic rings. The summed E-state index contributed by atoms with van der Waals surface area (Å²) in [6, 6.07) is 0. The van der Waals surface area contributed by atoms with Gasteiger partial charge < -0.3 is 16.8 Å². The summed E-state index contributed by atoms with van der Waals surface area (Å²) >= 11 is 0. The third-order valence-electron chi connectivity index (χ3n) is 1.82.